The molecule has 1 saturated carbocycles. The molecule has 12 heteroatoms. The van der Waals surface area contributed by atoms with Crippen molar-refractivity contribution in [3.8, 4) is 5.75 Å². The lowest BCUT2D eigenvalue weighted by Gasteiger charge is -2.35. The minimum Gasteiger partial charge on any atom is -0.493 e. The molecular weight excluding hydrogens is 530 g/mol. The van der Waals surface area contributed by atoms with Crippen LogP contribution in [0, 0.1) is 12.7 Å². The fourth-order valence-electron chi connectivity index (χ4n) is 4.56. The number of allylic oxidation sites excluding steroid dienone is 1. The summed E-state index contributed by atoms with van der Waals surface area (Å²) in [5.41, 5.74) is 5.63. The molecule has 2 aliphatic heterocycles. The maximum atomic E-state index is 14.3. The molecule has 0 aromatic heterocycles. The van der Waals surface area contributed by atoms with Crippen molar-refractivity contribution in [1.29, 1.82) is 0 Å². The molecule has 1 aliphatic carbocycles. The van der Waals surface area contributed by atoms with Gasteiger partial charge in [0.2, 0.25) is 5.78 Å². The van der Waals surface area contributed by atoms with E-state index in [1.54, 1.807) is 23.3 Å². The number of carbonyl (C=O) groups is 2. The van der Waals surface area contributed by atoms with Crippen LogP contribution in [0.1, 0.15) is 51.1 Å². The standard InChI is InChI=1S/C28H27F4N5O3/c1-15-12-16(6-9-18(15)27(39)35-17-7-8-17)23-14-34-26-22(33-11-10-28(30,31)32)13-21(36-37(23)26)24(38)19-4-3-5-20(29)25(19)40-2/h3-6,9,12-14,17,26,34,36H,7-8,10-11H2,1-2H3,(H,35,39). The minimum atomic E-state index is -4.40. The maximum absolute atomic E-state index is 14.3. The monoisotopic (exact) mass is 557 g/mol. The number of hydrogen-bond donors (Lipinski definition) is 3. The lowest BCUT2D eigenvalue weighted by atomic mass is 10.0. The molecule has 0 radical (unpaired) electrons. The summed E-state index contributed by atoms with van der Waals surface area (Å²) in [7, 11) is 1.24. The van der Waals surface area contributed by atoms with Crippen LogP contribution in [0.3, 0.4) is 0 Å². The van der Waals surface area contributed by atoms with Gasteiger partial charge in [-0.3, -0.25) is 25.0 Å². The van der Waals surface area contributed by atoms with Crippen molar-refractivity contribution in [3.05, 3.63) is 82.4 Å². The molecule has 8 nitrogen and oxygen atoms in total. The van der Waals surface area contributed by atoms with E-state index in [2.05, 4.69) is 21.1 Å². The number of amides is 1. The van der Waals surface area contributed by atoms with Gasteiger partial charge in [0.05, 0.1) is 30.5 Å². The molecule has 1 fully saturated rings. The first-order chi connectivity index (χ1) is 19.1. The van der Waals surface area contributed by atoms with Gasteiger partial charge in [-0.05, 0) is 55.7 Å². The third kappa shape index (κ3) is 5.65. The number of hydrazine groups is 1. The van der Waals surface area contributed by atoms with Crippen LogP contribution in [0.25, 0.3) is 5.70 Å². The van der Waals surface area contributed by atoms with Crippen molar-refractivity contribution >= 4 is 23.1 Å². The molecule has 40 heavy (non-hydrogen) atoms. The first-order valence-electron chi connectivity index (χ1n) is 12.7. The molecule has 2 aromatic rings. The summed E-state index contributed by atoms with van der Waals surface area (Å²) >= 11 is 0. The molecule has 5 rings (SSSR count). The molecule has 0 spiro atoms. The molecule has 2 heterocycles. The molecule has 0 saturated heterocycles. The van der Waals surface area contributed by atoms with Crippen molar-refractivity contribution in [2.75, 3.05) is 13.7 Å². The third-order valence-electron chi connectivity index (χ3n) is 6.74. The van der Waals surface area contributed by atoms with E-state index in [1.165, 1.54) is 25.3 Å². The van der Waals surface area contributed by atoms with Crippen molar-refractivity contribution in [2.45, 2.75) is 44.6 Å². The first kappa shape index (κ1) is 27.2. The summed E-state index contributed by atoms with van der Waals surface area (Å²) in [6, 6.07) is 9.40. The number of para-hydroxylation sites is 1. The molecule has 210 valence electrons. The Morgan fingerprint density at radius 3 is 2.62 bits per heavy atom. The summed E-state index contributed by atoms with van der Waals surface area (Å²) < 4.78 is 57.9. The van der Waals surface area contributed by atoms with Gasteiger partial charge in [-0.25, -0.2) is 4.39 Å². The summed E-state index contributed by atoms with van der Waals surface area (Å²) in [4.78, 5) is 30.2. The van der Waals surface area contributed by atoms with Gasteiger partial charge in [0, 0.05) is 29.9 Å². The van der Waals surface area contributed by atoms with E-state index < -0.39 is 36.9 Å². The third-order valence-corrected chi connectivity index (χ3v) is 6.74. The van der Waals surface area contributed by atoms with Gasteiger partial charge < -0.3 is 15.4 Å². The second-order valence-electron chi connectivity index (χ2n) is 9.74. The second-order valence-corrected chi connectivity index (χ2v) is 9.74. The van der Waals surface area contributed by atoms with Crippen LogP contribution in [0.15, 0.2) is 59.4 Å². The van der Waals surface area contributed by atoms with Crippen LogP contribution in [0.2, 0.25) is 0 Å². The van der Waals surface area contributed by atoms with E-state index in [0.717, 1.165) is 24.5 Å². The summed E-state index contributed by atoms with van der Waals surface area (Å²) in [5.74, 6) is -1.77. The number of fused-ring (bicyclic) bond motifs is 1. The van der Waals surface area contributed by atoms with Crippen LogP contribution in [0.5, 0.6) is 5.75 Å². The highest BCUT2D eigenvalue weighted by Gasteiger charge is 2.37. The number of aryl methyl sites for hydroxylation is 1. The van der Waals surface area contributed by atoms with Crippen LogP contribution >= 0.6 is 0 Å². The number of benzene rings is 2. The Kier molecular flexibility index (Phi) is 7.26. The number of nitrogens with one attached hydrogen (secondary N) is 3. The predicted octanol–water partition coefficient (Wildman–Crippen LogP) is 4.24. The maximum Gasteiger partial charge on any atom is 0.390 e. The van der Waals surface area contributed by atoms with Crippen LogP contribution < -0.4 is 20.8 Å². The predicted molar refractivity (Wildman–Crippen MR) is 140 cm³/mol. The fourth-order valence-corrected chi connectivity index (χ4v) is 4.56. The van der Waals surface area contributed by atoms with Crippen molar-refractivity contribution in [3.63, 3.8) is 0 Å². The Balaban J connectivity index is 1.46. The number of halogens is 4. The van der Waals surface area contributed by atoms with Crippen LogP contribution in [0.4, 0.5) is 17.6 Å². The largest absolute Gasteiger partial charge is 0.493 e. The molecule has 1 amide bonds. The molecule has 1 unspecified atom stereocenters. The molecule has 1 atom stereocenters. The number of aliphatic imine (C=N–C) groups is 1. The molecular formula is C28H27F4N5O3. The van der Waals surface area contributed by atoms with Gasteiger partial charge >= 0.3 is 6.18 Å². The highest BCUT2D eigenvalue weighted by atomic mass is 19.4. The topological polar surface area (TPSA) is 95.1 Å². The summed E-state index contributed by atoms with van der Waals surface area (Å²) in [5, 5.41) is 7.63. The van der Waals surface area contributed by atoms with E-state index in [-0.39, 0.29) is 34.7 Å². The molecule has 0 bridgehead atoms. The molecule has 2 aromatic carbocycles. The van der Waals surface area contributed by atoms with Gasteiger partial charge in [0.15, 0.2) is 17.7 Å². The Hall–Kier alpha value is -4.35. The number of alkyl halides is 3. The van der Waals surface area contributed by atoms with Gasteiger partial charge in [-0.1, -0.05) is 12.1 Å². The van der Waals surface area contributed by atoms with Crippen molar-refractivity contribution in [2.24, 2.45) is 4.99 Å². The lowest BCUT2D eigenvalue weighted by Crippen LogP contribution is -2.53. The van der Waals surface area contributed by atoms with Crippen LogP contribution in [-0.4, -0.2) is 54.4 Å². The average molecular weight is 558 g/mol. The zero-order chi connectivity index (χ0) is 28.6. The zero-order valence-corrected chi connectivity index (χ0v) is 21.7. The number of nitrogens with zero attached hydrogens (tertiary/aromatic N) is 2. The Morgan fingerprint density at radius 1 is 1.18 bits per heavy atom. The highest BCUT2D eigenvalue weighted by molar-refractivity contribution is 6.15. The molecule has 3 N–H and O–H groups in total. The van der Waals surface area contributed by atoms with Gasteiger partial charge in [0.1, 0.15) is 5.70 Å². The number of hydrogen-bond acceptors (Lipinski definition) is 7. The van der Waals surface area contributed by atoms with E-state index in [0.29, 0.717) is 16.8 Å². The Morgan fingerprint density at radius 2 is 1.95 bits per heavy atom. The normalized spacial score (nSPS) is 19.3. The van der Waals surface area contributed by atoms with E-state index in [9.17, 15) is 27.2 Å². The van der Waals surface area contributed by atoms with Crippen molar-refractivity contribution < 1.29 is 31.9 Å². The van der Waals surface area contributed by atoms with Crippen LogP contribution in [-0.2, 0) is 0 Å². The Bertz CT molecular complexity index is 1450. The lowest BCUT2D eigenvalue weighted by molar-refractivity contribution is -0.132. The van der Waals surface area contributed by atoms with E-state index >= 15 is 0 Å². The number of methoxy groups -OCH3 is 1. The van der Waals surface area contributed by atoms with Gasteiger partial charge in [-0.15, -0.1) is 0 Å². The highest BCUT2D eigenvalue weighted by Crippen LogP contribution is 2.31. The first-order valence-corrected chi connectivity index (χ1v) is 12.7. The quantitative estimate of drug-likeness (QED) is 0.332. The molecule has 3 aliphatic rings. The van der Waals surface area contributed by atoms with Gasteiger partial charge in [0.25, 0.3) is 5.91 Å². The fraction of sp³-hybridized carbons (Fsp3) is 0.321. The number of Topliss-reactive ketones (excluding diaryl/α,β-unsaturated/α-hetero) is 1. The smallest absolute Gasteiger partial charge is 0.390 e. The second kappa shape index (κ2) is 10.7. The summed E-state index contributed by atoms with van der Waals surface area (Å²) in [6.07, 6.45) is -1.31. The SMILES string of the molecule is COc1c(F)cccc1C(=O)C1=CC(=NCCC(F)(F)F)C2NC=C(c3ccc(C(=O)NC4CC4)c(C)c3)N2N1. The van der Waals surface area contributed by atoms with Crippen molar-refractivity contribution in [1.82, 2.24) is 21.1 Å². The number of ketones is 1. The van der Waals surface area contributed by atoms with Gasteiger partial charge in [-0.2, -0.15) is 13.2 Å². The minimum absolute atomic E-state index is 0.0299. The van der Waals surface area contributed by atoms with E-state index in [1.807, 2.05) is 13.0 Å². The number of ether oxygens (including phenoxy) is 1. The Labute approximate surface area is 227 Å². The zero-order valence-electron chi connectivity index (χ0n) is 21.7. The number of carbonyl (C=O) groups excluding carboxylic acids is 2. The number of rotatable bonds is 8. The summed E-state index contributed by atoms with van der Waals surface area (Å²) in [6.45, 7) is 1.27. The van der Waals surface area contributed by atoms with E-state index in [4.69, 9.17) is 4.74 Å². The average Bonchev–Trinajstić information content (AvgIpc) is 3.61.